The Balaban J connectivity index is 1.89. The van der Waals surface area contributed by atoms with Crippen molar-refractivity contribution in [2.75, 3.05) is 7.05 Å². The number of halogens is 3. The molecule has 2 aromatic heterocycles. The maximum atomic E-state index is 12.9. The van der Waals surface area contributed by atoms with E-state index in [1.165, 1.54) is 24.1 Å². The van der Waals surface area contributed by atoms with Crippen molar-refractivity contribution in [1.82, 2.24) is 14.3 Å². The minimum Gasteiger partial charge on any atom is -0.441 e. The van der Waals surface area contributed by atoms with Crippen molar-refractivity contribution in [1.29, 1.82) is 0 Å². The Morgan fingerprint density at radius 1 is 1.11 bits per heavy atom. The van der Waals surface area contributed by atoms with Crippen LogP contribution in [0.3, 0.4) is 0 Å². The van der Waals surface area contributed by atoms with E-state index in [-0.39, 0.29) is 0 Å². The molecule has 0 bridgehead atoms. The van der Waals surface area contributed by atoms with Crippen molar-refractivity contribution in [3.63, 3.8) is 0 Å². The summed E-state index contributed by atoms with van der Waals surface area (Å²) in [6, 6.07) is 11.0. The van der Waals surface area contributed by atoms with Gasteiger partial charge in [-0.1, -0.05) is 0 Å². The summed E-state index contributed by atoms with van der Waals surface area (Å²) >= 11 is 1.48. The molecule has 8 heteroatoms. The van der Waals surface area contributed by atoms with Crippen molar-refractivity contribution in [2.24, 2.45) is 0 Å². The molecule has 4 aromatic rings. The normalized spacial score (nSPS) is 12.0. The third kappa shape index (κ3) is 3.41. The molecular formula is C20H16F3N3OS. The standard InChI is InChI=1S/C20H16F3N3OS/c1-12-25-10-19(27-12)17-11-26(14-5-3-13(4-6-14)20(21,22)23)18-8-7-15(28-24-2)9-16(17)18/h3-11,24H,1-2H3. The van der Waals surface area contributed by atoms with Gasteiger partial charge in [0.2, 0.25) is 0 Å². The number of aromatic nitrogens is 2. The molecule has 0 unspecified atom stereocenters. The van der Waals surface area contributed by atoms with E-state index in [0.717, 1.165) is 33.5 Å². The molecule has 0 amide bonds. The van der Waals surface area contributed by atoms with E-state index in [1.807, 2.05) is 36.0 Å². The molecule has 0 radical (unpaired) electrons. The van der Waals surface area contributed by atoms with Crippen molar-refractivity contribution < 1.29 is 17.6 Å². The third-order valence-electron chi connectivity index (χ3n) is 4.36. The first-order valence-electron chi connectivity index (χ1n) is 8.46. The zero-order chi connectivity index (χ0) is 19.9. The summed E-state index contributed by atoms with van der Waals surface area (Å²) < 4.78 is 49.2. The first kappa shape index (κ1) is 18.6. The second-order valence-corrected chi connectivity index (χ2v) is 7.27. The molecule has 0 aliphatic heterocycles. The van der Waals surface area contributed by atoms with E-state index in [4.69, 9.17) is 4.42 Å². The van der Waals surface area contributed by atoms with Crippen molar-refractivity contribution in [2.45, 2.75) is 18.0 Å². The van der Waals surface area contributed by atoms with Crippen LogP contribution in [0.15, 0.2) is 64.2 Å². The van der Waals surface area contributed by atoms with Gasteiger partial charge in [0.05, 0.1) is 17.3 Å². The molecule has 2 heterocycles. The van der Waals surface area contributed by atoms with Gasteiger partial charge in [0.25, 0.3) is 0 Å². The van der Waals surface area contributed by atoms with Gasteiger partial charge >= 0.3 is 6.18 Å². The molecule has 0 saturated carbocycles. The van der Waals surface area contributed by atoms with E-state index in [1.54, 1.807) is 13.1 Å². The van der Waals surface area contributed by atoms with Gasteiger partial charge in [-0.2, -0.15) is 13.2 Å². The fraction of sp³-hybridized carbons (Fsp3) is 0.150. The molecule has 144 valence electrons. The van der Waals surface area contributed by atoms with Crippen molar-refractivity contribution in [3.8, 4) is 17.0 Å². The van der Waals surface area contributed by atoms with E-state index in [9.17, 15) is 13.2 Å². The average molecular weight is 403 g/mol. The van der Waals surface area contributed by atoms with Crippen molar-refractivity contribution >= 4 is 22.9 Å². The van der Waals surface area contributed by atoms with Gasteiger partial charge < -0.3 is 8.98 Å². The number of nitrogens with one attached hydrogen (secondary N) is 1. The molecule has 4 rings (SSSR count). The Morgan fingerprint density at radius 2 is 1.86 bits per heavy atom. The highest BCUT2D eigenvalue weighted by atomic mass is 32.2. The number of fused-ring (bicyclic) bond motifs is 1. The van der Waals surface area contributed by atoms with Crippen LogP contribution in [0.4, 0.5) is 13.2 Å². The molecule has 0 saturated heterocycles. The van der Waals surface area contributed by atoms with E-state index < -0.39 is 11.7 Å². The number of rotatable bonds is 4. The SMILES string of the molecule is CNSc1ccc2c(c1)c(-c1cnc(C)o1)cn2-c1ccc(C(F)(F)F)cc1. The highest BCUT2D eigenvalue weighted by Crippen LogP contribution is 2.36. The average Bonchev–Trinajstić information content (AvgIpc) is 3.25. The molecule has 0 fully saturated rings. The number of hydrogen-bond donors (Lipinski definition) is 1. The fourth-order valence-corrected chi connectivity index (χ4v) is 3.65. The number of benzene rings is 2. The molecule has 28 heavy (non-hydrogen) atoms. The zero-order valence-electron chi connectivity index (χ0n) is 15.0. The van der Waals surface area contributed by atoms with Gasteiger partial charge in [-0.3, -0.25) is 4.72 Å². The van der Waals surface area contributed by atoms with Gasteiger partial charge in [-0.25, -0.2) is 4.98 Å². The molecule has 2 aromatic carbocycles. The third-order valence-corrected chi connectivity index (χ3v) is 5.05. The number of hydrogen-bond acceptors (Lipinski definition) is 4. The Labute approximate surface area is 163 Å². The van der Waals surface area contributed by atoms with Gasteiger partial charge in [-0.15, -0.1) is 0 Å². The quantitative estimate of drug-likeness (QED) is 0.435. The van der Waals surface area contributed by atoms with Gasteiger partial charge in [0, 0.05) is 34.7 Å². The lowest BCUT2D eigenvalue weighted by molar-refractivity contribution is -0.137. The van der Waals surface area contributed by atoms with Crippen LogP contribution in [0.25, 0.3) is 27.9 Å². The molecule has 0 atom stereocenters. The Bertz CT molecular complexity index is 1130. The maximum Gasteiger partial charge on any atom is 0.416 e. The summed E-state index contributed by atoms with van der Waals surface area (Å²) in [4.78, 5) is 5.17. The highest BCUT2D eigenvalue weighted by molar-refractivity contribution is 7.97. The maximum absolute atomic E-state index is 12.9. The molecule has 4 nitrogen and oxygen atoms in total. The zero-order valence-corrected chi connectivity index (χ0v) is 15.9. The van der Waals surface area contributed by atoms with Gasteiger partial charge in [0.1, 0.15) is 0 Å². The van der Waals surface area contributed by atoms with E-state index in [0.29, 0.717) is 17.3 Å². The predicted octanol–water partition coefficient (Wildman–Crippen LogP) is 5.84. The highest BCUT2D eigenvalue weighted by Gasteiger charge is 2.30. The molecule has 1 N–H and O–H groups in total. The van der Waals surface area contributed by atoms with Crippen LogP contribution in [-0.4, -0.2) is 16.6 Å². The number of nitrogens with zero attached hydrogens (tertiary/aromatic N) is 2. The van der Waals surface area contributed by atoms with Gasteiger partial charge in [0.15, 0.2) is 11.7 Å². The summed E-state index contributed by atoms with van der Waals surface area (Å²) in [5.74, 6) is 1.16. The minimum absolute atomic E-state index is 0.547. The Morgan fingerprint density at radius 3 is 2.46 bits per heavy atom. The largest absolute Gasteiger partial charge is 0.441 e. The summed E-state index contributed by atoms with van der Waals surface area (Å²) in [5, 5.41) is 0.927. The number of aryl methyl sites for hydroxylation is 1. The second kappa shape index (κ2) is 7.03. The molecule has 0 aliphatic rings. The predicted molar refractivity (Wildman–Crippen MR) is 103 cm³/mol. The monoisotopic (exact) mass is 403 g/mol. The lowest BCUT2D eigenvalue weighted by atomic mass is 10.1. The Hall–Kier alpha value is -2.71. The smallest absolute Gasteiger partial charge is 0.416 e. The summed E-state index contributed by atoms with van der Waals surface area (Å²) in [6.45, 7) is 1.76. The van der Waals surface area contributed by atoms with Crippen LogP contribution in [0.1, 0.15) is 11.5 Å². The summed E-state index contributed by atoms with van der Waals surface area (Å²) in [7, 11) is 1.84. The summed E-state index contributed by atoms with van der Waals surface area (Å²) in [6.07, 6.45) is -0.848. The number of oxazole rings is 1. The molecular weight excluding hydrogens is 387 g/mol. The second-order valence-electron chi connectivity index (χ2n) is 6.19. The first-order valence-corrected chi connectivity index (χ1v) is 9.27. The van der Waals surface area contributed by atoms with E-state index in [2.05, 4.69) is 9.71 Å². The number of alkyl halides is 3. The lowest BCUT2D eigenvalue weighted by Crippen LogP contribution is -2.04. The lowest BCUT2D eigenvalue weighted by Gasteiger charge is -2.09. The fourth-order valence-electron chi connectivity index (χ4n) is 3.10. The molecule has 0 spiro atoms. The van der Waals surface area contributed by atoms with Crippen LogP contribution in [0.2, 0.25) is 0 Å². The molecule has 0 aliphatic carbocycles. The van der Waals surface area contributed by atoms with Crippen LogP contribution in [0, 0.1) is 6.92 Å². The van der Waals surface area contributed by atoms with Crippen molar-refractivity contribution in [3.05, 3.63) is 66.3 Å². The minimum atomic E-state index is -4.36. The topological polar surface area (TPSA) is 43.0 Å². The summed E-state index contributed by atoms with van der Waals surface area (Å²) in [5.41, 5.74) is 1.65. The van der Waals surface area contributed by atoms with Crippen LogP contribution < -0.4 is 4.72 Å². The Kier molecular flexibility index (Phi) is 4.68. The van der Waals surface area contributed by atoms with Gasteiger partial charge in [-0.05, 0) is 61.5 Å². The van der Waals surface area contributed by atoms with E-state index >= 15 is 0 Å². The van der Waals surface area contributed by atoms with Crippen LogP contribution >= 0.6 is 11.9 Å². The van der Waals surface area contributed by atoms with Crippen LogP contribution in [-0.2, 0) is 6.18 Å². The first-order chi connectivity index (χ1) is 13.4. The van der Waals surface area contributed by atoms with Crippen LogP contribution in [0.5, 0.6) is 0 Å².